The molecule has 1 aliphatic heterocycles. The molecule has 1 heterocycles. The lowest BCUT2D eigenvalue weighted by molar-refractivity contribution is 0.0992. The maximum absolute atomic E-state index is 12.7. The van der Waals surface area contributed by atoms with Crippen molar-refractivity contribution in [3.05, 3.63) is 35.4 Å². The van der Waals surface area contributed by atoms with Crippen LogP contribution < -0.4 is 0 Å². The fourth-order valence-corrected chi connectivity index (χ4v) is 5.10. The predicted molar refractivity (Wildman–Crippen MR) is 100 cm³/mol. The second-order valence-corrected chi connectivity index (χ2v) is 9.01. The SMILES string of the molecule is CCOC(=O)N1CC[S+](C(C)C(=O)c2ccc(C(C)C)cc2)CC1. The average Bonchev–Trinajstić information content (AvgIpc) is 2.61. The normalized spacial score (nSPS) is 17.0. The first-order chi connectivity index (χ1) is 11.4. The van der Waals surface area contributed by atoms with Crippen molar-refractivity contribution < 1.29 is 14.3 Å². The first-order valence-electron chi connectivity index (χ1n) is 8.66. The molecule has 0 bridgehead atoms. The lowest BCUT2D eigenvalue weighted by atomic mass is 10.00. The Morgan fingerprint density at radius 3 is 2.21 bits per heavy atom. The fraction of sp³-hybridized carbons (Fsp3) is 0.579. The number of rotatable bonds is 5. The smallest absolute Gasteiger partial charge is 0.410 e. The number of nitrogens with zero attached hydrogens (tertiary/aromatic N) is 1. The Hall–Kier alpha value is -1.49. The number of ether oxygens (including phenoxy) is 1. The van der Waals surface area contributed by atoms with E-state index in [-0.39, 0.29) is 28.0 Å². The summed E-state index contributed by atoms with van der Waals surface area (Å²) in [5, 5.41) is 0.0132. The second-order valence-electron chi connectivity index (χ2n) is 6.41. The van der Waals surface area contributed by atoms with Crippen LogP contribution in [0.5, 0.6) is 0 Å². The Bertz CT molecular complexity index is 562. The number of carbonyl (C=O) groups is 2. The van der Waals surface area contributed by atoms with Crippen molar-refractivity contribution >= 4 is 22.8 Å². The molecule has 0 aromatic heterocycles. The summed E-state index contributed by atoms with van der Waals surface area (Å²) in [4.78, 5) is 26.3. The van der Waals surface area contributed by atoms with Gasteiger partial charge in [-0.1, -0.05) is 38.1 Å². The number of amides is 1. The van der Waals surface area contributed by atoms with Gasteiger partial charge in [0, 0.05) is 16.5 Å². The summed E-state index contributed by atoms with van der Waals surface area (Å²) in [6.07, 6.45) is -0.232. The van der Waals surface area contributed by atoms with E-state index >= 15 is 0 Å². The Balaban J connectivity index is 1.93. The Kier molecular flexibility index (Phi) is 6.72. The van der Waals surface area contributed by atoms with Crippen LogP contribution in [0.25, 0.3) is 0 Å². The number of hydrogen-bond donors (Lipinski definition) is 0. The van der Waals surface area contributed by atoms with E-state index in [1.54, 1.807) is 4.90 Å². The number of hydrogen-bond acceptors (Lipinski definition) is 3. The molecule has 132 valence electrons. The number of carbonyl (C=O) groups excluding carboxylic acids is 2. The monoisotopic (exact) mass is 350 g/mol. The van der Waals surface area contributed by atoms with Gasteiger partial charge in [-0.2, -0.15) is 0 Å². The molecule has 1 saturated heterocycles. The van der Waals surface area contributed by atoms with Gasteiger partial charge >= 0.3 is 6.09 Å². The molecule has 2 rings (SSSR count). The van der Waals surface area contributed by atoms with Crippen LogP contribution in [0.15, 0.2) is 24.3 Å². The summed E-state index contributed by atoms with van der Waals surface area (Å²) < 4.78 is 5.05. The maximum atomic E-state index is 12.7. The van der Waals surface area contributed by atoms with Gasteiger partial charge in [0.2, 0.25) is 5.78 Å². The lowest BCUT2D eigenvalue weighted by Crippen LogP contribution is -2.48. The third kappa shape index (κ3) is 4.53. The number of benzene rings is 1. The molecule has 1 aromatic rings. The predicted octanol–water partition coefficient (Wildman–Crippen LogP) is 3.47. The summed E-state index contributed by atoms with van der Waals surface area (Å²) in [6.45, 7) is 9.93. The number of ketones is 1. The van der Waals surface area contributed by atoms with Gasteiger partial charge in [0.1, 0.15) is 11.5 Å². The molecule has 1 unspecified atom stereocenters. The van der Waals surface area contributed by atoms with Gasteiger partial charge < -0.3 is 4.74 Å². The molecular weight excluding hydrogens is 322 g/mol. The summed E-state index contributed by atoms with van der Waals surface area (Å²) in [5.41, 5.74) is 2.05. The molecule has 1 aromatic carbocycles. The summed E-state index contributed by atoms with van der Waals surface area (Å²) in [7, 11) is 0.0257. The highest BCUT2D eigenvalue weighted by Gasteiger charge is 2.37. The molecule has 1 aliphatic rings. The van der Waals surface area contributed by atoms with Gasteiger partial charge in [0.15, 0.2) is 5.25 Å². The molecule has 1 atom stereocenters. The van der Waals surface area contributed by atoms with Crippen molar-refractivity contribution in [2.75, 3.05) is 31.2 Å². The molecule has 5 heteroatoms. The van der Waals surface area contributed by atoms with E-state index in [4.69, 9.17) is 4.74 Å². The molecule has 0 spiro atoms. The van der Waals surface area contributed by atoms with Gasteiger partial charge in [-0.25, -0.2) is 4.79 Å². The zero-order valence-electron chi connectivity index (χ0n) is 15.1. The van der Waals surface area contributed by atoms with Crippen LogP contribution in [0.4, 0.5) is 4.79 Å². The van der Waals surface area contributed by atoms with Gasteiger partial charge in [-0.3, -0.25) is 9.69 Å². The minimum absolute atomic E-state index is 0.0132. The second kappa shape index (κ2) is 8.56. The average molecular weight is 351 g/mol. The zero-order valence-corrected chi connectivity index (χ0v) is 15.9. The first-order valence-corrected chi connectivity index (χ1v) is 10.3. The molecule has 0 saturated carbocycles. The maximum Gasteiger partial charge on any atom is 0.410 e. The minimum Gasteiger partial charge on any atom is -0.450 e. The van der Waals surface area contributed by atoms with E-state index in [1.807, 2.05) is 26.0 Å². The fourth-order valence-electron chi connectivity index (χ4n) is 2.84. The van der Waals surface area contributed by atoms with Crippen molar-refractivity contribution in [1.29, 1.82) is 0 Å². The van der Waals surface area contributed by atoms with Crippen LogP contribution >= 0.6 is 0 Å². The van der Waals surface area contributed by atoms with Gasteiger partial charge in [0.25, 0.3) is 0 Å². The third-order valence-electron chi connectivity index (χ3n) is 4.50. The van der Waals surface area contributed by atoms with E-state index in [2.05, 4.69) is 26.0 Å². The van der Waals surface area contributed by atoms with Crippen molar-refractivity contribution in [2.45, 2.75) is 38.9 Å². The summed E-state index contributed by atoms with van der Waals surface area (Å²) >= 11 is 0. The van der Waals surface area contributed by atoms with Crippen molar-refractivity contribution in [3.63, 3.8) is 0 Å². The Morgan fingerprint density at radius 1 is 1.12 bits per heavy atom. The minimum atomic E-state index is -0.232. The van der Waals surface area contributed by atoms with Crippen LogP contribution in [0, 0.1) is 0 Å². The summed E-state index contributed by atoms with van der Waals surface area (Å²) in [5.74, 6) is 2.46. The van der Waals surface area contributed by atoms with Gasteiger partial charge in [-0.05, 0) is 25.3 Å². The van der Waals surface area contributed by atoms with Crippen LogP contribution in [0.1, 0.15) is 49.5 Å². The highest BCUT2D eigenvalue weighted by Crippen LogP contribution is 2.20. The molecule has 24 heavy (non-hydrogen) atoms. The standard InChI is InChI=1S/C19H28NO3S/c1-5-23-19(22)20-10-12-24(13-11-20)15(4)18(21)17-8-6-16(7-9-17)14(2)3/h6-9,14-15H,5,10-13H2,1-4H3/q+1. The molecular formula is C19H28NO3S+. The van der Waals surface area contributed by atoms with Crippen molar-refractivity contribution in [2.24, 2.45) is 0 Å². The highest BCUT2D eigenvalue weighted by molar-refractivity contribution is 7.98. The highest BCUT2D eigenvalue weighted by atomic mass is 32.2. The van der Waals surface area contributed by atoms with E-state index in [9.17, 15) is 9.59 Å². The quantitative estimate of drug-likeness (QED) is 0.603. The molecule has 1 amide bonds. The molecule has 0 aliphatic carbocycles. The van der Waals surface area contributed by atoms with Crippen LogP contribution in [0.2, 0.25) is 0 Å². The molecule has 0 N–H and O–H groups in total. The molecule has 0 radical (unpaired) electrons. The summed E-state index contributed by atoms with van der Waals surface area (Å²) in [6, 6.07) is 8.01. The number of Topliss-reactive ketones (excluding diaryl/α,β-unsaturated/α-hetero) is 1. The lowest BCUT2D eigenvalue weighted by Gasteiger charge is -2.27. The Morgan fingerprint density at radius 2 is 1.71 bits per heavy atom. The topological polar surface area (TPSA) is 46.6 Å². The molecule has 1 fully saturated rings. The van der Waals surface area contributed by atoms with E-state index in [0.29, 0.717) is 25.6 Å². The van der Waals surface area contributed by atoms with Crippen LogP contribution in [-0.4, -0.2) is 53.2 Å². The van der Waals surface area contributed by atoms with Crippen molar-refractivity contribution in [3.8, 4) is 0 Å². The van der Waals surface area contributed by atoms with Gasteiger partial charge in [-0.15, -0.1) is 0 Å². The van der Waals surface area contributed by atoms with Gasteiger partial charge in [0.05, 0.1) is 19.7 Å². The van der Waals surface area contributed by atoms with E-state index in [0.717, 1.165) is 17.1 Å². The van der Waals surface area contributed by atoms with Crippen LogP contribution in [-0.2, 0) is 15.6 Å². The van der Waals surface area contributed by atoms with Crippen molar-refractivity contribution in [1.82, 2.24) is 4.90 Å². The van der Waals surface area contributed by atoms with Crippen LogP contribution in [0.3, 0.4) is 0 Å². The largest absolute Gasteiger partial charge is 0.450 e. The third-order valence-corrected chi connectivity index (χ3v) is 7.13. The zero-order chi connectivity index (χ0) is 17.7. The van der Waals surface area contributed by atoms with E-state index < -0.39 is 0 Å². The first kappa shape index (κ1) is 18.8. The Labute approximate surface area is 147 Å². The van der Waals surface area contributed by atoms with E-state index in [1.165, 1.54) is 5.56 Å². The molecule has 4 nitrogen and oxygen atoms in total.